The molecule has 2 aliphatic rings. The Bertz CT molecular complexity index is 3780. The Hall–Kier alpha value is -7.82. The van der Waals surface area contributed by atoms with Crippen molar-refractivity contribution in [1.29, 1.82) is 0 Å². The second kappa shape index (κ2) is 15.3. The van der Waals surface area contributed by atoms with Crippen LogP contribution in [0.3, 0.4) is 0 Å². The van der Waals surface area contributed by atoms with Crippen molar-refractivity contribution < 1.29 is 8.83 Å². The summed E-state index contributed by atoms with van der Waals surface area (Å²) in [6, 6.07) is 54.6. The van der Waals surface area contributed by atoms with Crippen LogP contribution < -0.4 is 9.80 Å². The number of hydrogen-bond acceptors (Lipinski definition) is 4. The fraction of sp³-hybridized carbons (Fsp3) is 0.206. The summed E-state index contributed by atoms with van der Waals surface area (Å²) in [7, 11) is 0. The fourth-order valence-electron chi connectivity index (χ4n) is 13.0. The molecule has 4 heteroatoms. The van der Waals surface area contributed by atoms with Crippen LogP contribution in [-0.2, 0) is 10.8 Å². The first-order valence-corrected chi connectivity index (χ1v) is 25.6. The number of aryl methyl sites for hydroxylation is 8. The van der Waals surface area contributed by atoms with Crippen LogP contribution in [0.2, 0.25) is 0 Å². The Morgan fingerprint density at radius 3 is 0.972 bits per heavy atom. The smallest absolute Gasteiger partial charge is 0.160 e. The van der Waals surface area contributed by atoms with Crippen LogP contribution in [-0.4, -0.2) is 0 Å². The Morgan fingerprint density at radius 1 is 0.333 bits per heavy atom. The maximum absolute atomic E-state index is 7.19. The highest BCUT2D eigenvalue weighted by atomic mass is 16.3. The maximum atomic E-state index is 7.19. The molecule has 0 saturated carbocycles. The number of benzene rings is 9. The molecule has 354 valence electrons. The summed E-state index contributed by atoms with van der Waals surface area (Å²) >= 11 is 0. The van der Waals surface area contributed by atoms with Gasteiger partial charge in [0.05, 0.1) is 11.4 Å². The van der Waals surface area contributed by atoms with E-state index >= 15 is 0 Å². The van der Waals surface area contributed by atoms with Crippen molar-refractivity contribution >= 4 is 78.0 Å². The summed E-state index contributed by atoms with van der Waals surface area (Å²) in [6.45, 7) is 27.3. The minimum absolute atomic E-state index is 0.371. The van der Waals surface area contributed by atoms with Crippen molar-refractivity contribution in [3.63, 3.8) is 0 Å². The molecule has 0 bridgehead atoms. The van der Waals surface area contributed by atoms with Gasteiger partial charge in [0, 0.05) is 55.1 Å². The number of hydrogen-bond donors (Lipinski definition) is 0. The zero-order chi connectivity index (χ0) is 49.9. The van der Waals surface area contributed by atoms with Gasteiger partial charge in [-0.1, -0.05) is 135 Å². The van der Waals surface area contributed by atoms with Gasteiger partial charge in [0.25, 0.3) is 0 Å². The van der Waals surface area contributed by atoms with E-state index in [1.165, 1.54) is 99.8 Å². The summed E-state index contributed by atoms with van der Waals surface area (Å²) in [5.41, 5.74) is 29.7. The zero-order valence-electron chi connectivity index (χ0n) is 43.6. The van der Waals surface area contributed by atoms with Crippen LogP contribution in [0.1, 0.15) is 94.5 Å². The number of furan rings is 2. The number of para-hydroxylation sites is 2. The van der Waals surface area contributed by atoms with Crippen LogP contribution >= 0.6 is 0 Å². The second-order valence-electron chi connectivity index (χ2n) is 22.3. The molecule has 4 nitrogen and oxygen atoms in total. The molecule has 2 aromatic heterocycles. The van der Waals surface area contributed by atoms with Crippen molar-refractivity contribution in [2.24, 2.45) is 0 Å². The van der Waals surface area contributed by atoms with Gasteiger partial charge in [0.1, 0.15) is 11.2 Å². The highest BCUT2D eigenvalue weighted by Crippen LogP contribution is 2.62. The lowest BCUT2D eigenvalue weighted by atomic mass is 9.79. The van der Waals surface area contributed by atoms with Crippen LogP contribution in [0.25, 0.3) is 66.1 Å². The molecule has 0 fully saturated rings. The van der Waals surface area contributed by atoms with E-state index in [0.29, 0.717) is 0 Å². The summed E-state index contributed by atoms with van der Waals surface area (Å²) in [6.07, 6.45) is 0. The van der Waals surface area contributed by atoms with Crippen LogP contribution in [0.4, 0.5) is 34.1 Å². The molecule has 13 rings (SSSR count). The summed E-state index contributed by atoms with van der Waals surface area (Å²) in [5, 5.41) is 4.60. The minimum Gasteiger partial charge on any atom is -0.454 e. The summed E-state index contributed by atoms with van der Waals surface area (Å²) < 4.78 is 14.4. The average molecular weight is 937 g/mol. The molecule has 0 N–H and O–H groups in total. The van der Waals surface area contributed by atoms with Gasteiger partial charge in [0.2, 0.25) is 0 Å². The molecule has 72 heavy (non-hydrogen) atoms. The normalized spacial score (nSPS) is 14.1. The van der Waals surface area contributed by atoms with E-state index in [-0.39, 0.29) is 10.8 Å². The van der Waals surface area contributed by atoms with Gasteiger partial charge in [-0.2, -0.15) is 0 Å². The standard InChI is InChI=1S/C68H60N2O2/c1-37-21-25-53(41(5)29-37)69(54-26-22-38(2)30-42(54)6)57-35-51-61(63-45-17-13-15-19-59(45)71-65(57)63)47-33-50-48(34-49(47)67(51,9)10)62-52(68(50,11)12)36-58(66-64(62)46-18-14-16-20-60(46)72-66)70(55-27-23-39(3)31-43(55)7)56-28-24-40(4)32-44(56)8/h13-36H,1-12H3. The molecule has 0 aliphatic heterocycles. The molecule has 0 unspecified atom stereocenters. The molecule has 0 atom stereocenters. The SMILES string of the molecule is Cc1ccc(N(c2ccc(C)cc2C)c2cc3c(c4c2oc2ccccc24)-c2cc4c(cc2C3(C)C)-c2c(cc(N(c3ccc(C)cc3C)c3ccc(C)cc3C)c3oc5ccccc5c23)C4(C)C)c(C)c1. The predicted octanol–water partition coefficient (Wildman–Crippen LogP) is 19.5. The Morgan fingerprint density at radius 2 is 0.653 bits per heavy atom. The van der Waals surface area contributed by atoms with Crippen molar-refractivity contribution in [3.8, 4) is 22.3 Å². The van der Waals surface area contributed by atoms with Gasteiger partial charge in [0.15, 0.2) is 11.2 Å². The monoisotopic (exact) mass is 936 g/mol. The van der Waals surface area contributed by atoms with Gasteiger partial charge < -0.3 is 18.6 Å². The first-order valence-electron chi connectivity index (χ1n) is 25.6. The average Bonchev–Trinajstić information content (AvgIpc) is 4.04. The van der Waals surface area contributed by atoms with Crippen LogP contribution in [0.15, 0.2) is 154 Å². The number of fused-ring (bicyclic) bond motifs is 14. The molecule has 2 heterocycles. The number of anilines is 6. The van der Waals surface area contributed by atoms with E-state index in [1.807, 2.05) is 0 Å². The lowest BCUT2D eigenvalue weighted by molar-refractivity contribution is 0.650. The minimum atomic E-state index is -0.371. The van der Waals surface area contributed by atoms with E-state index in [4.69, 9.17) is 8.83 Å². The van der Waals surface area contributed by atoms with Gasteiger partial charge in [-0.05, 0) is 183 Å². The van der Waals surface area contributed by atoms with E-state index in [1.54, 1.807) is 0 Å². The fourth-order valence-corrected chi connectivity index (χ4v) is 13.0. The van der Waals surface area contributed by atoms with Crippen LogP contribution in [0.5, 0.6) is 0 Å². The first-order chi connectivity index (χ1) is 34.5. The van der Waals surface area contributed by atoms with Gasteiger partial charge >= 0.3 is 0 Å². The Kier molecular flexibility index (Phi) is 9.41. The van der Waals surface area contributed by atoms with Gasteiger partial charge in [-0.3, -0.25) is 0 Å². The largest absolute Gasteiger partial charge is 0.454 e. The third-order valence-electron chi connectivity index (χ3n) is 16.5. The first kappa shape index (κ1) is 44.1. The second-order valence-corrected chi connectivity index (χ2v) is 22.3. The Balaban J connectivity index is 1.10. The van der Waals surface area contributed by atoms with Crippen molar-refractivity contribution in [2.45, 2.75) is 93.9 Å². The summed E-state index contributed by atoms with van der Waals surface area (Å²) in [5.74, 6) is 0. The third-order valence-corrected chi connectivity index (χ3v) is 16.5. The van der Waals surface area contributed by atoms with E-state index in [0.717, 1.165) is 67.2 Å². The van der Waals surface area contributed by atoms with Gasteiger partial charge in [-0.25, -0.2) is 0 Å². The maximum Gasteiger partial charge on any atom is 0.160 e. The molecule has 0 saturated heterocycles. The molecule has 9 aromatic carbocycles. The van der Waals surface area contributed by atoms with Crippen molar-refractivity contribution in [1.82, 2.24) is 0 Å². The third kappa shape index (κ3) is 6.17. The van der Waals surface area contributed by atoms with E-state index < -0.39 is 0 Å². The van der Waals surface area contributed by atoms with E-state index in [9.17, 15) is 0 Å². The molecule has 0 spiro atoms. The zero-order valence-corrected chi connectivity index (χ0v) is 43.6. The lowest BCUT2D eigenvalue weighted by Crippen LogP contribution is -2.18. The highest BCUT2D eigenvalue weighted by Gasteiger charge is 2.45. The number of rotatable bonds is 6. The number of nitrogens with zero attached hydrogens (tertiary/aromatic N) is 2. The molecular formula is C68H60N2O2. The van der Waals surface area contributed by atoms with Crippen LogP contribution in [0, 0.1) is 55.4 Å². The lowest BCUT2D eigenvalue weighted by Gasteiger charge is -2.31. The molecular weight excluding hydrogens is 877 g/mol. The highest BCUT2D eigenvalue weighted by molar-refractivity contribution is 6.22. The van der Waals surface area contributed by atoms with Crippen molar-refractivity contribution in [3.05, 3.63) is 212 Å². The predicted molar refractivity (Wildman–Crippen MR) is 303 cm³/mol. The molecule has 2 aliphatic carbocycles. The van der Waals surface area contributed by atoms with E-state index in [2.05, 4.69) is 238 Å². The quantitative estimate of drug-likeness (QED) is 0.166. The molecule has 0 amide bonds. The topological polar surface area (TPSA) is 32.8 Å². The Labute approximate surface area is 423 Å². The summed E-state index contributed by atoms with van der Waals surface area (Å²) in [4.78, 5) is 4.93. The van der Waals surface area contributed by atoms with Gasteiger partial charge in [-0.15, -0.1) is 0 Å². The molecule has 0 radical (unpaired) electrons. The van der Waals surface area contributed by atoms with Crippen molar-refractivity contribution in [2.75, 3.05) is 9.80 Å². The molecule has 11 aromatic rings.